The summed E-state index contributed by atoms with van der Waals surface area (Å²) in [6.45, 7) is 2.26. The predicted molar refractivity (Wildman–Crippen MR) is 84.5 cm³/mol. The van der Waals surface area contributed by atoms with E-state index < -0.39 is 5.97 Å². The van der Waals surface area contributed by atoms with E-state index in [2.05, 4.69) is 19.1 Å². The molecule has 21 heavy (non-hydrogen) atoms. The molecule has 0 aliphatic rings. The van der Waals surface area contributed by atoms with Crippen LogP contribution in [0.25, 0.3) is 0 Å². The predicted octanol–water partition coefficient (Wildman–Crippen LogP) is 1.78. The molecule has 2 nitrogen and oxygen atoms in total. The van der Waals surface area contributed by atoms with Gasteiger partial charge in [0.1, 0.15) is 0 Å². The Bertz CT molecular complexity index is 239. The van der Waals surface area contributed by atoms with Gasteiger partial charge in [-0.15, -0.1) is 0 Å². The van der Waals surface area contributed by atoms with Gasteiger partial charge in [-0.25, -0.2) is 0 Å². The molecule has 0 radical (unpaired) electrons. The van der Waals surface area contributed by atoms with Crippen LogP contribution in [-0.2, 0) is 4.79 Å². The molecule has 118 valence electrons. The average Bonchev–Trinajstić information content (AvgIpc) is 2.43. The van der Waals surface area contributed by atoms with Crippen molar-refractivity contribution in [1.29, 1.82) is 0 Å². The van der Waals surface area contributed by atoms with Crippen LogP contribution in [0.3, 0.4) is 0 Å². The van der Waals surface area contributed by atoms with Gasteiger partial charge in [0.15, 0.2) is 0 Å². The van der Waals surface area contributed by atoms with Crippen LogP contribution >= 0.6 is 0 Å². The molecular formula is C18H33NaO2. The molecule has 0 aromatic rings. The second kappa shape index (κ2) is 20.2. The van der Waals surface area contributed by atoms with Crippen LogP contribution in [0.5, 0.6) is 0 Å². The van der Waals surface area contributed by atoms with E-state index in [0.717, 1.165) is 19.3 Å². The second-order valence-corrected chi connectivity index (χ2v) is 5.71. The van der Waals surface area contributed by atoms with Gasteiger partial charge in [0.2, 0.25) is 0 Å². The van der Waals surface area contributed by atoms with Crippen LogP contribution in [0.1, 0.15) is 96.8 Å². The summed E-state index contributed by atoms with van der Waals surface area (Å²) in [5, 5.41) is 10.2. The Morgan fingerprint density at radius 1 is 0.762 bits per heavy atom. The second-order valence-electron chi connectivity index (χ2n) is 5.71. The summed E-state index contributed by atoms with van der Waals surface area (Å²) in [4.78, 5) is 10.2. The van der Waals surface area contributed by atoms with Crippen LogP contribution in [0.2, 0.25) is 0 Å². The summed E-state index contributed by atoms with van der Waals surface area (Å²) in [6, 6.07) is 0. The standard InChI is InChI=1S/C18H34O2.Na/c1-2-3-4-5-6-7-8-9-10-11-12-13-14-15-16-17-18(19)20;/h12-13H,2-11,14-17H2,1H3,(H,19,20);/q;+1/p-1/b13-12-;. The molecular weight excluding hydrogens is 271 g/mol. The first-order chi connectivity index (χ1) is 9.77. The summed E-state index contributed by atoms with van der Waals surface area (Å²) < 4.78 is 0. The number of carboxylic acids is 1. The minimum absolute atomic E-state index is 0. The first-order valence-electron chi connectivity index (χ1n) is 8.62. The van der Waals surface area contributed by atoms with Crippen LogP contribution in [-0.4, -0.2) is 5.97 Å². The number of carboxylic acid groups (broad SMARTS) is 1. The first-order valence-corrected chi connectivity index (χ1v) is 8.62. The van der Waals surface area contributed by atoms with E-state index >= 15 is 0 Å². The summed E-state index contributed by atoms with van der Waals surface area (Å²) in [6.07, 6.45) is 20.9. The van der Waals surface area contributed by atoms with E-state index in [4.69, 9.17) is 0 Å². The molecule has 0 unspecified atom stereocenters. The Morgan fingerprint density at radius 2 is 1.19 bits per heavy atom. The molecule has 0 rings (SSSR count). The normalized spacial score (nSPS) is 10.7. The van der Waals surface area contributed by atoms with Gasteiger partial charge in [-0.05, 0) is 38.5 Å². The monoisotopic (exact) mass is 304 g/mol. The minimum atomic E-state index is -0.927. The average molecular weight is 304 g/mol. The van der Waals surface area contributed by atoms with Crippen LogP contribution < -0.4 is 34.7 Å². The Morgan fingerprint density at radius 3 is 1.67 bits per heavy atom. The quantitative estimate of drug-likeness (QED) is 0.263. The number of rotatable bonds is 15. The zero-order chi connectivity index (χ0) is 14.9. The maximum absolute atomic E-state index is 10.2. The van der Waals surface area contributed by atoms with Crippen LogP contribution in [0.4, 0.5) is 0 Å². The van der Waals surface area contributed by atoms with Gasteiger partial charge < -0.3 is 9.90 Å². The SMILES string of the molecule is CCCCCCCCCCC/C=C\CCCCC(=O)[O-].[Na+]. The van der Waals surface area contributed by atoms with E-state index in [1.165, 1.54) is 64.2 Å². The molecule has 0 aromatic heterocycles. The van der Waals surface area contributed by atoms with Gasteiger partial charge in [-0.3, -0.25) is 0 Å². The summed E-state index contributed by atoms with van der Waals surface area (Å²) >= 11 is 0. The summed E-state index contributed by atoms with van der Waals surface area (Å²) in [7, 11) is 0. The van der Waals surface area contributed by atoms with Crippen molar-refractivity contribution in [3.8, 4) is 0 Å². The van der Waals surface area contributed by atoms with Crippen molar-refractivity contribution < 1.29 is 39.5 Å². The van der Waals surface area contributed by atoms with Crippen molar-refractivity contribution in [3.05, 3.63) is 12.2 Å². The molecule has 0 amide bonds. The van der Waals surface area contributed by atoms with Crippen LogP contribution in [0, 0.1) is 0 Å². The third-order valence-corrected chi connectivity index (χ3v) is 3.64. The summed E-state index contributed by atoms with van der Waals surface area (Å²) in [5.41, 5.74) is 0. The van der Waals surface area contributed by atoms with Gasteiger partial charge in [-0.1, -0.05) is 70.4 Å². The van der Waals surface area contributed by atoms with Gasteiger partial charge >= 0.3 is 29.6 Å². The smallest absolute Gasteiger partial charge is 0.550 e. The Kier molecular flexibility index (Phi) is 22.6. The number of carbonyl (C=O) groups excluding carboxylic acids is 1. The van der Waals surface area contributed by atoms with Crippen molar-refractivity contribution in [2.24, 2.45) is 0 Å². The zero-order valence-corrected chi connectivity index (χ0v) is 16.4. The van der Waals surface area contributed by atoms with Gasteiger partial charge in [0.25, 0.3) is 0 Å². The molecule has 0 aliphatic heterocycles. The molecule has 0 spiro atoms. The van der Waals surface area contributed by atoms with Crippen molar-refractivity contribution in [1.82, 2.24) is 0 Å². The van der Waals surface area contributed by atoms with Crippen molar-refractivity contribution >= 4 is 5.97 Å². The molecule has 0 saturated heterocycles. The third-order valence-electron chi connectivity index (χ3n) is 3.64. The molecule has 0 aliphatic carbocycles. The fourth-order valence-corrected chi connectivity index (χ4v) is 2.34. The van der Waals surface area contributed by atoms with Gasteiger partial charge in [0.05, 0.1) is 0 Å². The van der Waals surface area contributed by atoms with Crippen LogP contribution in [0.15, 0.2) is 12.2 Å². The molecule has 0 saturated carbocycles. The Hall–Kier alpha value is 0.210. The largest absolute Gasteiger partial charge is 1.00 e. The fraction of sp³-hybridized carbons (Fsp3) is 0.833. The Balaban J connectivity index is 0. The zero-order valence-electron chi connectivity index (χ0n) is 14.4. The molecule has 0 atom stereocenters. The molecule has 0 N–H and O–H groups in total. The number of unbranched alkanes of at least 4 members (excludes halogenated alkanes) is 11. The minimum Gasteiger partial charge on any atom is -0.550 e. The van der Waals surface area contributed by atoms with Crippen molar-refractivity contribution in [2.45, 2.75) is 96.8 Å². The topological polar surface area (TPSA) is 40.1 Å². The molecule has 0 fully saturated rings. The van der Waals surface area contributed by atoms with Crippen molar-refractivity contribution in [2.75, 3.05) is 0 Å². The van der Waals surface area contributed by atoms with E-state index in [1.54, 1.807) is 0 Å². The maximum atomic E-state index is 10.2. The summed E-state index contributed by atoms with van der Waals surface area (Å²) in [5.74, 6) is -0.927. The number of allylic oxidation sites excluding steroid dienone is 2. The number of hydrogen-bond donors (Lipinski definition) is 0. The van der Waals surface area contributed by atoms with E-state index in [0.29, 0.717) is 0 Å². The van der Waals surface area contributed by atoms with E-state index in [9.17, 15) is 9.90 Å². The molecule has 0 bridgehead atoms. The van der Waals surface area contributed by atoms with Gasteiger partial charge in [0, 0.05) is 5.97 Å². The number of hydrogen-bond acceptors (Lipinski definition) is 2. The number of aliphatic carboxylic acids is 1. The molecule has 3 heteroatoms. The molecule has 0 heterocycles. The number of carbonyl (C=O) groups is 1. The third kappa shape index (κ3) is 22.6. The van der Waals surface area contributed by atoms with Gasteiger partial charge in [-0.2, -0.15) is 0 Å². The van der Waals surface area contributed by atoms with E-state index in [-0.39, 0.29) is 36.0 Å². The molecule has 0 aromatic carbocycles. The fourth-order valence-electron chi connectivity index (χ4n) is 2.34. The maximum Gasteiger partial charge on any atom is 1.00 e. The van der Waals surface area contributed by atoms with E-state index in [1.807, 2.05) is 0 Å². The Labute approximate surface area is 154 Å². The first kappa shape index (κ1) is 23.5. The van der Waals surface area contributed by atoms with Crippen molar-refractivity contribution in [3.63, 3.8) is 0 Å².